The molecule has 3 atom stereocenters. The van der Waals surface area contributed by atoms with Gasteiger partial charge in [0.05, 0.1) is 24.8 Å². The molecule has 2 aliphatic rings. The summed E-state index contributed by atoms with van der Waals surface area (Å²) in [4.78, 5) is 5.59. The van der Waals surface area contributed by atoms with E-state index in [4.69, 9.17) is 14.3 Å². The number of oxime groups is 1. The van der Waals surface area contributed by atoms with Gasteiger partial charge in [0.25, 0.3) is 0 Å². The highest BCUT2D eigenvalue weighted by molar-refractivity contribution is 6.03. The predicted molar refractivity (Wildman–Crippen MR) is 87.2 cm³/mol. The predicted octanol–water partition coefficient (Wildman–Crippen LogP) is 3.46. The molecule has 0 N–H and O–H groups in total. The van der Waals surface area contributed by atoms with E-state index in [1.165, 1.54) is 5.56 Å². The second-order valence-corrected chi connectivity index (χ2v) is 6.00. The molecule has 2 heterocycles. The zero-order valence-corrected chi connectivity index (χ0v) is 13.0. The summed E-state index contributed by atoms with van der Waals surface area (Å²) in [6.45, 7) is 3.08. The van der Waals surface area contributed by atoms with Gasteiger partial charge in [-0.2, -0.15) is 0 Å². The Labute approximate surface area is 135 Å². The molecular weight excluding hydrogens is 290 g/mol. The second-order valence-electron chi connectivity index (χ2n) is 6.00. The van der Waals surface area contributed by atoms with Crippen molar-refractivity contribution in [1.82, 2.24) is 0 Å². The fourth-order valence-electron chi connectivity index (χ4n) is 2.99. The van der Waals surface area contributed by atoms with Gasteiger partial charge in [0.15, 0.2) is 12.4 Å². The Hall–Kier alpha value is -2.17. The number of rotatable bonds is 2. The molecule has 4 rings (SSSR count). The highest BCUT2D eigenvalue weighted by Gasteiger charge is 2.39. The first-order valence-electron chi connectivity index (χ1n) is 7.90. The summed E-state index contributed by atoms with van der Waals surface area (Å²) in [5, 5.41) is 4.26. The van der Waals surface area contributed by atoms with Crippen molar-refractivity contribution < 1.29 is 14.3 Å². The molecule has 0 amide bonds. The number of ether oxygens (including phenoxy) is 2. The Bertz CT molecular complexity index is 696. The molecule has 0 spiro atoms. The lowest BCUT2D eigenvalue weighted by molar-refractivity contribution is -0.139. The van der Waals surface area contributed by atoms with Crippen molar-refractivity contribution in [2.45, 2.75) is 19.3 Å². The molecule has 4 heteroatoms. The third-order valence-corrected chi connectivity index (χ3v) is 4.34. The van der Waals surface area contributed by atoms with Crippen LogP contribution in [-0.4, -0.2) is 25.0 Å². The van der Waals surface area contributed by atoms with E-state index in [9.17, 15) is 0 Å². The van der Waals surface area contributed by atoms with E-state index in [1.807, 2.05) is 42.5 Å². The van der Waals surface area contributed by atoms with Crippen LogP contribution < -0.4 is 0 Å². The Morgan fingerprint density at radius 2 is 1.65 bits per heavy atom. The van der Waals surface area contributed by atoms with Gasteiger partial charge in [-0.05, 0) is 12.5 Å². The summed E-state index contributed by atoms with van der Waals surface area (Å²) in [5.74, 6) is 0.104. The second kappa shape index (κ2) is 6.14. The van der Waals surface area contributed by atoms with Crippen molar-refractivity contribution in [2.75, 3.05) is 13.2 Å². The Morgan fingerprint density at radius 1 is 0.913 bits per heavy atom. The van der Waals surface area contributed by atoms with Crippen molar-refractivity contribution in [2.24, 2.45) is 11.1 Å². The molecule has 4 nitrogen and oxygen atoms in total. The van der Waals surface area contributed by atoms with Crippen LogP contribution in [0.2, 0.25) is 0 Å². The van der Waals surface area contributed by atoms with Gasteiger partial charge < -0.3 is 14.3 Å². The van der Waals surface area contributed by atoms with Gasteiger partial charge in [-0.1, -0.05) is 65.3 Å². The van der Waals surface area contributed by atoms with Gasteiger partial charge in [-0.25, -0.2) is 0 Å². The van der Waals surface area contributed by atoms with Crippen LogP contribution in [-0.2, 0) is 14.3 Å². The minimum atomic E-state index is -0.346. The van der Waals surface area contributed by atoms with Gasteiger partial charge >= 0.3 is 0 Å². The van der Waals surface area contributed by atoms with Crippen molar-refractivity contribution in [3.05, 3.63) is 71.3 Å². The SMILES string of the molecule is Cc1ccc([C@@H]2OC[C@@H]3ON=C(c4ccccc4)[C@@H]3CO2)cc1. The van der Waals surface area contributed by atoms with Gasteiger partial charge in [0.2, 0.25) is 0 Å². The van der Waals surface area contributed by atoms with Crippen LogP contribution in [0.1, 0.15) is 23.0 Å². The Balaban J connectivity index is 1.52. The minimum absolute atomic E-state index is 0.0827. The molecule has 0 aromatic heterocycles. The van der Waals surface area contributed by atoms with Crippen molar-refractivity contribution in [1.29, 1.82) is 0 Å². The van der Waals surface area contributed by atoms with Crippen LogP contribution in [0.4, 0.5) is 0 Å². The monoisotopic (exact) mass is 309 g/mol. The molecule has 1 fully saturated rings. The summed E-state index contributed by atoms with van der Waals surface area (Å²) >= 11 is 0. The standard InChI is InChI=1S/C19H19NO3/c1-13-7-9-15(10-8-13)19-21-11-16-17(12-22-19)23-20-18(16)14-5-3-2-4-6-14/h2-10,16-17,19H,11-12H2,1H3/t16-,17+,19+/m1/s1. The van der Waals surface area contributed by atoms with Crippen molar-refractivity contribution in [3.63, 3.8) is 0 Å². The molecule has 0 aliphatic carbocycles. The molecule has 2 aromatic rings. The van der Waals surface area contributed by atoms with E-state index in [0.29, 0.717) is 13.2 Å². The number of aryl methyl sites for hydroxylation is 1. The van der Waals surface area contributed by atoms with Crippen LogP contribution in [0.25, 0.3) is 0 Å². The molecule has 23 heavy (non-hydrogen) atoms. The molecule has 0 unspecified atom stereocenters. The van der Waals surface area contributed by atoms with Gasteiger partial charge in [0.1, 0.15) is 0 Å². The zero-order chi connectivity index (χ0) is 15.6. The third kappa shape index (κ3) is 2.87. The first-order valence-corrected chi connectivity index (χ1v) is 7.90. The fourth-order valence-corrected chi connectivity index (χ4v) is 2.99. The summed E-state index contributed by atoms with van der Waals surface area (Å²) in [6, 6.07) is 18.4. The van der Waals surface area contributed by atoms with Crippen LogP contribution >= 0.6 is 0 Å². The topological polar surface area (TPSA) is 40.0 Å². The number of benzene rings is 2. The molecule has 2 aromatic carbocycles. The maximum atomic E-state index is 6.01. The number of hydrogen-bond donors (Lipinski definition) is 0. The van der Waals surface area contributed by atoms with E-state index < -0.39 is 0 Å². The highest BCUT2D eigenvalue weighted by atomic mass is 16.7. The lowest BCUT2D eigenvalue weighted by Crippen LogP contribution is -2.29. The Kier molecular flexibility index (Phi) is 3.85. The third-order valence-electron chi connectivity index (χ3n) is 4.34. The largest absolute Gasteiger partial charge is 0.389 e. The van der Waals surface area contributed by atoms with Crippen molar-refractivity contribution in [3.8, 4) is 0 Å². The summed E-state index contributed by atoms with van der Waals surface area (Å²) in [6.07, 6.45) is -0.428. The van der Waals surface area contributed by atoms with Gasteiger partial charge in [0, 0.05) is 5.56 Å². The minimum Gasteiger partial charge on any atom is -0.389 e. The van der Waals surface area contributed by atoms with E-state index in [1.54, 1.807) is 0 Å². The van der Waals surface area contributed by atoms with Crippen LogP contribution in [0, 0.1) is 12.8 Å². The maximum absolute atomic E-state index is 6.01. The average molecular weight is 309 g/mol. The van der Waals surface area contributed by atoms with Crippen LogP contribution in [0.5, 0.6) is 0 Å². The lowest BCUT2D eigenvalue weighted by Gasteiger charge is -2.16. The van der Waals surface area contributed by atoms with E-state index in [-0.39, 0.29) is 18.3 Å². The summed E-state index contributed by atoms with van der Waals surface area (Å²) in [5.41, 5.74) is 4.29. The van der Waals surface area contributed by atoms with E-state index in [0.717, 1.165) is 16.8 Å². The molecule has 0 radical (unpaired) electrons. The molecular formula is C19H19NO3. The van der Waals surface area contributed by atoms with Gasteiger partial charge in [-0.3, -0.25) is 0 Å². The lowest BCUT2D eigenvalue weighted by atomic mass is 9.93. The highest BCUT2D eigenvalue weighted by Crippen LogP contribution is 2.31. The first-order chi connectivity index (χ1) is 11.3. The normalized spacial score (nSPS) is 26.8. The first kappa shape index (κ1) is 14.4. The van der Waals surface area contributed by atoms with Crippen LogP contribution in [0.15, 0.2) is 59.8 Å². The van der Waals surface area contributed by atoms with E-state index in [2.05, 4.69) is 24.2 Å². The van der Waals surface area contributed by atoms with Gasteiger partial charge in [-0.15, -0.1) is 0 Å². The zero-order valence-electron chi connectivity index (χ0n) is 13.0. The summed E-state index contributed by atoms with van der Waals surface area (Å²) < 4.78 is 11.9. The molecule has 0 saturated carbocycles. The maximum Gasteiger partial charge on any atom is 0.184 e. The fraction of sp³-hybridized carbons (Fsp3) is 0.316. The number of fused-ring (bicyclic) bond motifs is 1. The number of hydrogen-bond acceptors (Lipinski definition) is 4. The molecule has 0 bridgehead atoms. The van der Waals surface area contributed by atoms with E-state index >= 15 is 0 Å². The smallest absolute Gasteiger partial charge is 0.184 e. The van der Waals surface area contributed by atoms with Crippen LogP contribution in [0.3, 0.4) is 0 Å². The van der Waals surface area contributed by atoms with Crippen molar-refractivity contribution >= 4 is 5.71 Å². The number of nitrogens with zero attached hydrogens (tertiary/aromatic N) is 1. The summed E-state index contributed by atoms with van der Waals surface area (Å²) in [7, 11) is 0. The Morgan fingerprint density at radius 3 is 2.43 bits per heavy atom. The average Bonchev–Trinajstić information content (AvgIpc) is 2.88. The molecule has 2 aliphatic heterocycles. The molecule has 118 valence electrons. The quantitative estimate of drug-likeness (QED) is 0.853. The molecule has 1 saturated heterocycles.